The molecule has 0 bridgehead atoms. The molecule has 25 heavy (non-hydrogen) atoms. The second-order valence-corrected chi connectivity index (χ2v) is 7.40. The summed E-state index contributed by atoms with van der Waals surface area (Å²) in [6.45, 7) is 2.87. The zero-order valence-corrected chi connectivity index (χ0v) is 15.6. The first-order valence-electron chi connectivity index (χ1n) is 8.97. The van der Waals surface area contributed by atoms with Gasteiger partial charge in [0.05, 0.1) is 13.2 Å². The Bertz CT molecular complexity index is 647. The molecule has 1 aromatic carbocycles. The summed E-state index contributed by atoms with van der Waals surface area (Å²) in [6, 6.07) is 11.8. The lowest BCUT2D eigenvalue weighted by Crippen LogP contribution is -2.38. The number of benzene rings is 1. The Morgan fingerprint density at radius 1 is 1.16 bits per heavy atom. The van der Waals surface area contributed by atoms with Gasteiger partial charge in [-0.15, -0.1) is 11.3 Å². The van der Waals surface area contributed by atoms with Gasteiger partial charge in [0.25, 0.3) is 5.91 Å². The molecule has 1 aliphatic heterocycles. The molecule has 5 heteroatoms. The predicted molar refractivity (Wildman–Crippen MR) is 102 cm³/mol. The summed E-state index contributed by atoms with van der Waals surface area (Å²) in [5, 5.41) is 5.24. The highest BCUT2D eigenvalue weighted by Gasteiger charge is 2.23. The Morgan fingerprint density at radius 3 is 2.48 bits per heavy atom. The van der Waals surface area contributed by atoms with Crippen molar-refractivity contribution in [1.82, 2.24) is 10.2 Å². The number of amides is 1. The Kier molecular flexibility index (Phi) is 6.48. The number of hydrogen-bond acceptors (Lipinski definition) is 4. The number of ether oxygens (including phenoxy) is 1. The fourth-order valence-electron chi connectivity index (χ4n) is 3.33. The van der Waals surface area contributed by atoms with Gasteiger partial charge in [0, 0.05) is 17.0 Å². The minimum Gasteiger partial charge on any atom is -0.497 e. The van der Waals surface area contributed by atoms with E-state index in [0.29, 0.717) is 12.1 Å². The van der Waals surface area contributed by atoms with Crippen molar-refractivity contribution < 1.29 is 9.53 Å². The van der Waals surface area contributed by atoms with E-state index in [1.165, 1.54) is 30.6 Å². The molecule has 4 nitrogen and oxygen atoms in total. The summed E-state index contributed by atoms with van der Waals surface area (Å²) in [7, 11) is 1.63. The van der Waals surface area contributed by atoms with Crippen LogP contribution >= 0.6 is 11.3 Å². The second kappa shape index (κ2) is 9.02. The molecule has 0 unspecified atom stereocenters. The highest BCUT2D eigenvalue weighted by molar-refractivity contribution is 7.10. The van der Waals surface area contributed by atoms with Crippen molar-refractivity contribution in [2.24, 2.45) is 0 Å². The molecule has 2 heterocycles. The van der Waals surface area contributed by atoms with Crippen molar-refractivity contribution in [3.05, 3.63) is 52.2 Å². The molecule has 1 N–H and O–H groups in total. The predicted octanol–water partition coefficient (Wildman–Crippen LogP) is 4.10. The zero-order chi connectivity index (χ0) is 17.5. The van der Waals surface area contributed by atoms with Crippen molar-refractivity contribution in [3.8, 4) is 5.75 Å². The molecule has 1 aromatic heterocycles. The standard InChI is InChI=1S/C20H26N2O2S/c1-24-17-10-8-16(9-11-17)20(23)21-15-18(19-7-6-14-25-19)22-12-4-2-3-5-13-22/h6-11,14,18H,2-5,12-13,15H2,1H3,(H,21,23)/t18-/m0/s1. The number of nitrogens with one attached hydrogen (secondary N) is 1. The van der Waals surface area contributed by atoms with Gasteiger partial charge < -0.3 is 10.1 Å². The fraction of sp³-hybridized carbons (Fsp3) is 0.450. The van der Waals surface area contributed by atoms with E-state index in [1.54, 1.807) is 30.6 Å². The Labute approximate surface area is 153 Å². The molecule has 134 valence electrons. The van der Waals surface area contributed by atoms with Crippen LogP contribution in [0.1, 0.15) is 47.0 Å². The smallest absolute Gasteiger partial charge is 0.251 e. The van der Waals surface area contributed by atoms with E-state index in [0.717, 1.165) is 18.8 Å². The molecule has 1 amide bonds. The number of likely N-dealkylation sites (tertiary alicyclic amines) is 1. The van der Waals surface area contributed by atoms with E-state index in [2.05, 4.69) is 27.7 Å². The zero-order valence-electron chi connectivity index (χ0n) is 14.7. The van der Waals surface area contributed by atoms with Crippen LogP contribution in [0, 0.1) is 0 Å². The molecular formula is C20H26N2O2S. The van der Waals surface area contributed by atoms with Gasteiger partial charge in [-0.25, -0.2) is 0 Å². The largest absolute Gasteiger partial charge is 0.497 e. The third-order valence-corrected chi connectivity index (χ3v) is 5.73. The Balaban J connectivity index is 1.66. The topological polar surface area (TPSA) is 41.6 Å². The SMILES string of the molecule is COc1ccc(C(=O)NC[C@@H](c2cccs2)N2CCCCCC2)cc1. The first-order chi connectivity index (χ1) is 12.3. The molecule has 0 aliphatic carbocycles. The van der Waals surface area contributed by atoms with E-state index >= 15 is 0 Å². The highest BCUT2D eigenvalue weighted by atomic mass is 32.1. The third kappa shape index (κ3) is 4.83. The maximum absolute atomic E-state index is 12.5. The molecule has 0 radical (unpaired) electrons. The second-order valence-electron chi connectivity index (χ2n) is 6.42. The summed E-state index contributed by atoms with van der Waals surface area (Å²) in [4.78, 5) is 16.4. The monoisotopic (exact) mass is 358 g/mol. The van der Waals surface area contributed by atoms with Crippen LogP contribution in [-0.4, -0.2) is 37.6 Å². The minimum absolute atomic E-state index is 0.0287. The van der Waals surface area contributed by atoms with E-state index < -0.39 is 0 Å². The van der Waals surface area contributed by atoms with Crippen LogP contribution in [0.3, 0.4) is 0 Å². The lowest BCUT2D eigenvalue weighted by Gasteiger charge is -2.30. The third-order valence-electron chi connectivity index (χ3n) is 4.76. The van der Waals surface area contributed by atoms with Gasteiger partial charge in [-0.05, 0) is 61.6 Å². The van der Waals surface area contributed by atoms with E-state index in [-0.39, 0.29) is 11.9 Å². The van der Waals surface area contributed by atoms with Crippen LogP contribution in [0.4, 0.5) is 0 Å². The average Bonchev–Trinajstić information content (AvgIpc) is 3.05. The molecule has 1 atom stereocenters. The van der Waals surface area contributed by atoms with Gasteiger partial charge in [0.15, 0.2) is 0 Å². The van der Waals surface area contributed by atoms with E-state index in [9.17, 15) is 4.79 Å². The quantitative estimate of drug-likeness (QED) is 0.845. The molecule has 0 spiro atoms. The maximum Gasteiger partial charge on any atom is 0.251 e. The number of methoxy groups -OCH3 is 1. The molecule has 1 fully saturated rings. The van der Waals surface area contributed by atoms with Gasteiger partial charge >= 0.3 is 0 Å². The summed E-state index contributed by atoms with van der Waals surface area (Å²) >= 11 is 1.77. The first-order valence-corrected chi connectivity index (χ1v) is 9.85. The summed E-state index contributed by atoms with van der Waals surface area (Å²) < 4.78 is 5.15. The van der Waals surface area contributed by atoms with Gasteiger partial charge in [-0.1, -0.05) is 18.9 Å². The van der Waals surface area contributed by atoms with E-state index in [1.807, 2.05) is 12.1 Å². The maximum atomic E-state index is 12.5. The first kappa shape index (κ1) is 18.0. The lowest BCUT2D eigenvalue weighted by molar-refractivity contribution is 0.0934. The average molecular weight is 359 g/mol. The van der Waals surface area contributed by atoms with Crippen molar-refractivity contribution in [1.29, 1.82) is 0 Å². The van der Waals surface area contributed by atoms with Crippen LogP contribution < -0.4 is 10.1 Å². The van der Waals surface area contributed by atoms with Crippen molar-refractivity contribution in [2.75, 3.05) is 26.7 Å². The fourth-order valence-corrected chi connectivity index (χ4v) is 4.19. The Morgan fingerprint density at radius 2 is 1.88 bits per heavy atom. The number of thiophene rings is 1. The van der Waals surface area contributed by atoms with Crippen LogP contribution in [0.25, 0.3) is 0 Å². The van der Waals surface area contributed by atoms with Crippen molar-refractivity contribution in [2.45, 2.75) is 31.7 Å². The molecule has 2 aromatic rings. The number of carbonyl (C=O) groups excluding carboxylic acids is 1. The molecule has 1 saturated heterocycles. The molecular weight excluding hydrogens is 332 g/mol. The summed E-state index contributed by atoms with van der Waals surface area (Å²) in [5.41, 5.74) is 0.668. The number of rotatable bonds is 6. The van der Waals surface area contributed by atoms with E-state index in [4.69, 9.17) is 4.74 Å². The van der Waals surface area contributed by atoms with Gasteiger partial charge in [-0.3, -0.25) is 9.69 Å². The highest BCUT2D eigenvalue weighted by Crippen LogP contribution is 2.27. The van der Waals surface area contributed by atoms with Crippen molar-refractivity contribution >= 4 is 17.2 Å². The number of hydrogen-bond donors (Lipinski definition) is 1. The number of nitrogens with zero attached hydrogens (tertiary/aromatic N) is 1. The number of carbonyl (C=O) groups is 1. The Hall–Kier alpha value is -1.85. The molecule has 0 saturated carbocycles. The normalized spacial score (nSPS) is 16.8. The van der Waals surface area contributed by atoms with Crippen LogP contribution in [-0.2, 0) is 0 Å². The van der Waals surface area contributed by atoms with Crippen LogP contribution in [0.2, 0.25) is 0 Å². The van der Waals surface area contributed by atoms with Crippen molar-refractivity contribution in [3.63, 3.8) is 0 Å². The molecule has 1 aliphatic rings. The summed E-state index contributed by atoms with van der Waals surface area (Å²) in [6.07, 6.45) is 5.11. The van der Waals surface area contributed by atoms with Gasteiger partial charge in [0.2, 0.25) is 0 Å². The van der Waals surface area contributed by atoms with Crippen LogP contribution in [0.15, 0.2) is 41.8 Å². The summed E-state index contributed by atoms with van der Waals surface area (Å²) in [5.74, 6) is 0.733. The van der Waals surface area contributed by atoms with Gasteiger partial charge in [-0.2, -0.15) is 0 Å². The molecule has 3 rings (SSSR count). The van der Waals surface area contributed by atoms with Crippen LogP contribution in [0.5, 0.6) is 5.75 Å². The lowest BCUT2D eigenvalue weighted by atomic mass is 10.1. The minimum atomic E-state index is -0.0287. The van der Waals surface area contributed by atoms with Gasteiger partial charge in [0.1, 0.15) is 5.75 Å².